The number of carbonyl (C=O) groups is 2. The second-order valence-corrected chi connectivity index (χ2v) is 7.20. The molecule has 0 bridgehead atoms. The van der Waals surface area contributed by atoms with E-state index in [1.807, 2.05) is 0 Å². The number of unbranched alkanes of at least 4 members (excludes halogenated alkanes) is 2. The highest BCUT2D eigenvalue weighted by Crippen LogP contribution is 2.18. The molecule has 1 aliphatic rings. The number of nitrogens with two attached hydrogens (primary N) is 1. The van der Waals surface area contributed by atoms with Gasteiger partial charge in [-0.15, -0.1) is 0 Å². The molecule has 1 saturated heterocycles. The standard InChI is InChI=1S/C18H26N8O6/c19-18(24-26(31)32)20-8-3-1-2-7-16(27)22-13-10-15(21-11-13)17(28)23-12-5-4-6-14(9-12)25(29)30/h4-6,9,13,15,21H,1-3,7-8,10-11H2,(H,22,27)(H,23,28)(H3,19,20,24)/t13-,15-/m0/s1. The van der Waals surface area contributed by atoms with Crippen LogP contribution < -0.4 is 27.1 Å². The molecule has 14 heteroatoms. The number of guanidine groups is 1. The third kappa shape index (κ3) is 8.51. The van der Waals surface area contributed by atoms with Crippen LogP contribution in [0.15, 0.2) is 29.3 Å². The summed E-state index contributed by atoms with van der Waals surface area (Å²) in [6.45, 7) is 0.762. The molecular formula is C18H26N8O6. The van der Waals surface area contributed by atoms with Crippen molar-refractivity contribution in [2.45, 2.75) is 44.2 Å². The number of anilines is 1. The number of hydrazine groups is 1. The van der Waals surface area contributed by atoms with Crippen LogP contribution in [0.3, 0.4) is 0 Å². The molecule has 14 nitrogen and oxygen atoms in total. The summed E-state index contributed by atoms with van der Waals surface area (Å²) in [5, 5.41) is 28.8. The highest BCUT2D eigenvalue weighted by molar-refractivity contribution is 5.95. The van der Waals surface area contributed by atoms with Crippen LogP contribution in [0, 0.1) is 20.2 Å². The molecule has 174 valence electrons. The van der Waals surface area contributed by atoms with Crippen molar-refractivity contribution in [2.24, 2.45) is 10.7 Å². The minimum atomic E-state index is -0.789. The predicted molar refractivity (Wildman–Crippen MR) is 115 cm³/mol. The van der Waals surface area contributed by atoms with E-state index in [4.69, 9.17) is 5.73 Å². The van der Waals surface area contributed by atoms with Gasteiger partial charge in [0, 0.05) is 43.4 Å². The van der Waals surface area contributed by atoms with E-state index in [0.717, 1.165) is 0 Å². The van der Waals surface area contributed by atoms with Gasteiger partial charge >= 0.3 is 0 Å². The van der Waals surface area contributed by atoms with Gasteiger partial charge in [-0.1, -0.05) is 17.9 Å². The fourth-order valence-electron chi connectivity index (χ4n) is 3.17. The first-order valence-corrected chi connectivity index (χ1v) is 10.0. The smallest absolute Gasteiger partial charge is 0.271 e. The van der Waals surface area contributed by atoms with Crippen LogP contribution in [-0.2, 0) is 9.59 Å². The van der Waals surface area contributed by atoms with Crippen molar-refractivity contribution < 1.29 is 19.5 Å². The van der Waals surface area contributed by atoms with Gasteiger partial charge in [-0.3, -0.25) is 19.7 Å². The predicted octanol–water partition coefficient (Wildman–Crippen LogP) is 0.0364. The summed E-state index contributed by atoms with van der Waals surface area (Å²) in [6.07, 6.45) is 2.69. The highest BCUT2D eigenvalue weighted by Gasteiger charge is 2.30. The summed E-state index contributed by atoms with van der Waals surface area (Å²) >= 11 is 0. The van der Waals surface area contributed by atoms with Gasteiger partial charge in [0.1, 0.15) is 0 Å². The molecule has 0 aliphatic carbocycles. The molecule has 0 unspecified atom stereocenters. The van der Waals surface area contributed by atoms with E-state index in [2.05, 4.69) is 20.9 Å². The van der Waals surface area contributed by atoms with Crippen molar-refractivity contribution >= 4 is 29.1 Å². The Balaban J connectivity index is 1.64. The number of nitro benzene ring substituents is 1. The number of aliphatic imine (C=N–C) groups is 1. The van der Waals surface area contributed by atoms with Crippen LogP contribution in [-0.4, -0.2) is 52.9 Å². The first kappa shape index (κ1) is 24.5. The van der Waals surface area contributed by atoms with Crippen molar-refractivity contribution in [3.8, 4) is 0 Å². The maximum Gasteiger partial charge on any atom is 0.271 e. The Morgan fingerprint density at radius 3 is 2.72 bits per heavy atom. The van der Waals surface area contributed by atoms with E-state index in [9.17, 15) is 29.8 Å². The molecule has 2 rings (SSSR count). The van der Waals surface area contributed by atoms with Crippen LogP contribution in [0.4, 0.5) is 11.4 Å². The van der Waals surface area contributed by atoms with Gasteiger partial charge in [0.15, 0.2) is 5.03 Å². The summed E-state index contributed by atoms with van der Waals surface area (Å²) in [5.74, 6) is -0.714. The monoisotopic (exact) mass is 450 g/mol. The summed E-state index contributed by atoms with van der Waals surface area (Å²) in [7, 11) is 0. The molecule has 1 aliphatic heterocycles. The lowest BCUT2D eigenvalue weighted by Gasteiger charge is -2.13. The molecule has 6 N–H and O–H groups in total. The summed E-state index contributed by atoms with van der Waals surface area (Å²) < 4.78 is 0. The van der Waals surface area contributed by atoms with Gasteiger partial charge in [-0.2, -0.15) is 0 Å². The number of rotatable bonds is 11. The molecule has 32 heavy (non-hydrogen) atoms. The van der Waals surface area contributed by atoms with Crippen molar-refractivity contribution in [3.05, 3.63) is 44.5 Å². The minimum absolute atomic E-state index is 0.115. The summed E-state index contributed by atoms with van der Waals surface area (Å²) in [4.78, 5) is 48.8. The number of carbonyl (C=O) groups excluding carboxylic acids is 2. The van der Waals surface area contributed by atoms with E-state index in [-0.39, 0.29) is 29.5 Å². The van der Waals surface area contributed by atoms with Gasteiger partial charge < -0.3 is 21.7 Å². The summed E-state index contributed by atoms with van der Waals surface area (Å²) in [5.41, 5.74) is 7.26. The molecule has 1 heterocycles. The first-order valence-electron chi connectivity index (χ1n) is 10.0. The van der Waals surface area contributed by atoms with Gasteiger partial charge in [0.2, 0.25) is 11.8 Å². The minimum Gasteiger partial charge on any atom is -0.365 e. The zero-order chi connectivity index (χ0) is 23.5. The molecule has 1 fully saturated rings. The second-order valence-electron chi connectivity index (χ2n) is 7.20. The number of non-ortho nitro benzene ring substituents is 1. The van der Waals surface area contributed by atoms with Crippen LogP contribution in [0.25, 0.3) is 0 Å². The Kier molecular flexibility index (Phi) is 9.28. The molecule has 2 atom stereocenters. The lowest BCUT2D eigenvalue weighted by molar-refractivity contribution is -0.525. The fraction of sp³-hybridized carbons (Fsp3) is 0.500. The highest BCUT2D eigenvalue weighted by atomic mass is 16.7. The normalized spacial score (nSPS) is 18.1. The number of hydrogen-bond donors (Lipinski definition) is 5. The van der Waals surface area contributed by atoms with Gasteiger partial charge in [-0.25, -0.2) is 15.1 Å². The Morgan fingerprint density at radius 1 is 1.22 bits per heavy atom. The van der Waals surface area contributed by atoms with Crippen LogP contribution >= 0.6 is 0 Å². The maximum atomic E-state index is 12.4. The quantitative estimate of drug-likeness (QED) is 0.101. The van der Waals surface area contributed by atoms with E-state index in [0.29, 0.717) is 50.9 Å². The average Bonchev–Trinajstić information content (AvgIpc) is 3.18. The van der Waals surface area contributed by atoms with Crippen LogP contribution in [0.2, 0.25) is 0 Å². The van der Waals surface area contributed by atoms with E-state index >= 15 is 0 Å². The SMILES string of the molecule is NC(=NCCCCCC(=O)N[C@@H]1CN[C@H](C(=O)Nc2cccc([N+](=O)[O-])c2)C1)N[N+](=O)[O-]. The number of nitrogens with zero attached hydrogens (tertiary/aromatic N) is 3. The van der Waals surface area contributed by atoms with Gasteiger partial charge in [0.25, 0.3) is 11.6 Å². The van der Waals surface area contributed by atoms with Crippen molar-refractivity contribution in [2.75, 3.05) is 18.4 Å². The van der Waals surface area contributed by atoms with Crippen LogP contribution in [0.1, 0.15) is 32.1 Å². The van der Waals surface area contributed by atoms with Crippen LogP contribution in [0.5, 0.6) is 0 Å². The van der Waals surface area contributed by atoms with Crippen molar-refractivity contribution in [3.63, 3.8) is 0 Å². The lowest BCUT2D eigenvalue weighted by Crippen LogP contribution is -2.36. The van der Waals surface area contributed by atoms with Gasteiger partial charge in [-0.05, 0) is 25.3 Å². The average molecular weight is 450 g/mol. The zero-order valence-corrected chi connectivity index (χ0v) is 17.3. The third-order valence-electron chi connectivity index (χ3n) is 4.69. The van der Waals surface area contributed by atoms with E-state index in [1.54, 1.807) is 11.5 Å². The first-order chi connectivity index (χ1) is 15.2. The fourth-order valence-corrected chi connectivity index (χ4v) is 3.17. The molecule has 0 saturated carbocycles. The molecule has 1 aromatic rings. The number of nitro groups is 2. The summed E-state index contributed by atoms with van der Waals surface area (Å²) in [6, 6.07) is 4.97. The van der Waals surface area contributed by atoms with E-state index in [1.165, 1.54) is 18.2 Å². The molecule has 0 spiro atoms. The number of benzene rings is 1. The Bertz CT molecular complexity index is 877. The third-order valence-corrected chi connectivity index (χ3v) is 4.69. The molecule has 2 amide bonds. The maximum absolute atomic E-state index is 12.4. The van der Waals surface area contributed by atoms with Gasteiger partial charge in [0.05, 0.1) is 11.0 Å². The molecular weight excluding hydrogens is 424 g/mol. The molecule has 0 radical (unpaired) electrons. The van der Waals surface area contributed by atoms with Crippen molar-refractivity contribution in [1.82, 2.24) is 16.1 Å². The Labute approximate surface area is 183 Å². The Hall–Kier alpha value is -3.81. The topological polar surface area (TPSA) is 207 Å². The molecule has 0 aromatic heterocycles. The number of amides is 2. The number of hydrogen-bond acceptors (Lipinski definition) is 8. The van der Waals surface area contributed by atoms with E-state index < -0.39 is 16.0 Å². The lowest BCUT2D eigenvalue weighted by atomic mass is 10.1. The Morgan fingerprint density at radius 2 is 2.00 bits per heavy atom. The largest absolute Gasteiger partial charge is 0.365 e. The zero-order valence-electron chi connectivity index (χ0n) is 17.3. The number of nitrogens with one attached hydrogen (secondary N) is 4. The molecule has 1 aromatic carbocycles. The second kappa shape index (κ2) is 12.1. The van der Waals surface area contributed by atoms with Crippen molar-refractivity contribution in [1.29, 1.82) is 0 Å².